The Labute approximate surface area is 260 Å². The van der Waals surface area contributed by atoms with Crippen molar-refractivity contribution < 1.29 is 40.7 Å². The second-order valence-electron chi connectivity index (χ2n) is 8.97. The molecule has 1 aliphatic heterocycles. The maximum atomic E-state index is 11.5. The molecule has 11 nitrogen and oxygen atoms in total. The Morgan fingerprint density at radius 1 is 1.00 bits per heavy atom. The summed E-state index contributed by atoms with van der Waals surface area (Å²) in [6, 6.07) is 10.7. The van der Waals surface area contributed by atoms with E-state index in [-0.39, 0.29) is 18.6 Å². The Hall–Kier alpha value is -1.95. The summed E-state index contributed by atoms with van der Waals surface area (Å²) in [5.74, 6) is -0.368. The number of halogens is 1. The molecule has 0 saturated carbocycles. The number of aromatic nitrogens is 1. The van der Waals surface area contributed by atoms with Crippen LogP contribution in [0.2, 0.25) is 5.02 Å². The van der Waals surface area contributed by atoms with Crippen LogP contribution in [0.3, 0.4) is 0 Å². The fourth-order valence-corrected chi connectivity index (χ4v) is 7.43. The summed E-state index contributed by atoms with van der Waals surface area (Å²) in [6.45, 7) is 10.1. The van der Waals surface area contributed by atoms with Gasteiger partial charge in [0, 0.05) is 28.6 Å². The molecule has 0 saturated heterocycles. The van der Waals surface area contributed by atoms with Crippen molar-refractivity contribution in [3.63, 3.8) is 0 Å². The number of fused-ring (bicyclic) bond motifs is 2. The molecule has 0 spiro atoms. The number of aryl methyl sites for hydroxylation is 1. The van der Waals surface area contributed by atoms with Crippen LogP contribution in [0.15, 0.2) is 46.3 Å². The van der Waals surface area contributed by atoms with E-state index in [0.717, 1.165) is 15.3 Å². The van der Waals surface area contributed by atoms with Gasteiger partial charge >= 0.3 is 0 Å². The van der Waals surface area contributed by atoms with Gasteiger partial charge in [-0.15, -0.1) is 0 Å². The van der Waals surface area contributed by atoms with Gasteiger partial charge in [0.15, 0.2) is 6.54 Å². The van der Waals surface area contributed by atoms with Gasteiger partial charge in [-0.1, -0.05) is 55.5 Å². The molecule has 0 amide bonds. The van der Waals surface area contributed by atoms with E-state index < -0.39 is 31.7 Å². The van der Waals surface area contributed by atoms with Crippen LogP contribution in [-0.4, -0.2) is 81.1 Å². The van der Waals surface area contributed by atoms with E-state index in [4.69, 9.17) is 16.3 Å². The number of hydrogen-bond donors (Lipinski definition) is 2. The van der Waals surface area contributed by atoms with Crippen LogP contribution in [0.1, 0.15) is 25.8 Å². The molecule has 0 atom stereocenters. The first-order chi connectivity index (χ1) is 19.3. The van der Waals surface area contributed by atoms with Crippen molar-refractivity contribution in [2.45, 2.75) is 32.2 Å². The smallest absolute Gasteiger partial charge is 0.271 e. The lowest BCUT2D eigenvalue weighted by atomic mass is 10.2. The average Bonchev–Trinajstić information content (AvgIpc) is 3.42. The Balaban J connectivity index is 0.000000687. The molecule has 0 unspecified atom stereocenters. The number of methoxy groups -OCH3 is 1. The molecule has 4 rings (SSSR count). The van der Waals surface area contributed by atoms with Gasteiger partial charge in [-0.2, -0.15) is 21.4 Å². The summed E-state index contributed by atoms with van der Waals surface area (Å²) in [7, 11) is -6.88. The lowest BCUT2D eigenvalue weighted by Crippen LogP contribution is -2.38. The summed E-state index contributed by atoms with van der Waals surface area (Å²) in [4.78, 5) is 5.01. The molecular formula is C26H36ClN3O8S4. The number of benzene rings is 2. The van der Waals surface area contributed by atoms with Gasteiger partial charge in [0.05, 0.1) is 29.7 Å². The molecule has 16 heteroatoms. The van der Waals surface area contributed by atoms with Crippen molar-refractivity contribution in [2.75, 3.05) is 49.7 Å². The third-order valence-electron chi connectivity index (χ3n) is 6.36. The maximum Gasteiger partial charge on any atom is 0.271 e. The zero-order valence-electron chi connectivity index (χ0n) is 23.7. The first kappa shape index (κ1) is 36.2. The van der Waals surface area contributed by atoms with E-state index in [1.165, 1.54) is 49.8 Å². The van der Waals surface area contributed by atoms with Crippen LogP contribution in [0.5, 0.6) is 5.75 Å². The number of thioether (sulfide) groups is 1. The molecule has 3 N–H and O–H groups in total. The zero-order chi connectivity index (χ0) is 30.4. The van der Waals surface area contributed by atoms with Crippen molar-refractivity contribution >= 4 is 76.9 Å². The summed E-state index contributed by atoms with van der Waals surface area (Å²) >= 11 is 8.97. The van der Waals surface area contributed by atoms with Crippen LogP contribution < -0.4 is 14.2 Å². The Kier molecular flexibility index (Phi) is 13.5. The second-order valence-corrected chi connectivity index (χ2v) is 14.7. The van der Waals surface area contributed by atoms with Crippen molar-refractivity contribution in [1.82, 2.24) is 4.90 Å². The third-order valence-corrected chi connectivity index (χ3v) is 10.2. The number of ether oxygens (including phenoxy) is 1. The van der Waals surface area contributed by atoms with Gasteiger partial charge in [-0.25, -0.2) is 0 Å². The number of thiazole rings is 1. The summed E-state index contributed by atoms with van der Waals surface area (Å²) in [5.41, 5.74) is 1.44. The lowest BCUT2D eigenvalue weighted by molar-refractivity contribution is -0.664. The molecule has 2 aromatic carbocycles. The van der Waals surface area contributed by atoms with Crippen LogP contribution in [0.25, 0.3) is 16.3 Å². The molecule has 234 valence electrons. The highest BCUT2D eigenvalue weighted by molar-refractivity contribution is 8.04. The molecule has 1 aliphatic rings. The van der Waals surface area contributed by atoms with Crippen molar-refractivity contribution in [3.8, 4) is 5.75 Å². The summed E-state index contributed by atoms with van der Waals surface area (Å²) < 4.78 is 72.3. The fourth-order valence-electron chi connectivity index (χ4n) is 4.15. The monoisotopic (exact) mass is 681 g/mol. The van der Waals surface area contributed by atoms with E-state index in [9.17, 15) is 25.9 Å². The van der Waals surface area contributed by atoms with E-state index in [0.29, 0.717) is 26.3 Å². The number of rotatable bonds is 11. The number of anilines is 1. The molecule has 0 fully saturated rings. The Morgan fingerprint density at radius 3 is 2.19 bits per heavy atom. The highest BCUT2D eigenvalue weighted by Gasteiger charge is 2.30. The van der Waals surface area contributed by atoms with E-state index in [1.807, 2.05) is 18.2 Å². The molecule has 0 aliphatic carbocycles. The molecule has 42 heavy (non-hydrogen) atoms. The van der Waals surface area contributed by atoms with Crippen molar-refractivity contribution in [3.05, 3.63) is 51.5 Å². The second kappa shape index (κ2) is 15.7. The molecular weight excluding hydrogens is 646 g/mol. The van der Waals surface area contributed by atoms with Gasteiger partial charge in [-0.05, 0) is 43.9 Å². The highest BCUT2D eigenvalue weighted by atomic mass is 35.5. The Morgan fingerprint density at radius 2 is 1.64 bits per heavy atom. The minimum Gasteiger partial charge on any atom is -0.870 e. The minimum atomic E-state index is -4.21. The van der Waals surface area contributed by atoms with Crippen molar-refractivity contribution in [2.24, 2.45) is 0 Å². The van der Waals surface area contributed by atoms with E-state index >= 15 is 0 Å². The molecule has 2 heterocycles. The van der Waals surface area contributed by atoms with E-state index in [2.05, 4.69) is 25.7 Å². The number of hydrogen-bond acceptors (Lipinski definition) is 10. The summed E-state index contributed by atoms with van der Waals surface area (Å²) in [5, 5.41) is 1.85. The number of nitrogens with zero attached hydrogens (tertiary/aromatic N) is 3. The van der Waals surface area contributed by atoms with Crippen LogP contribution in [0.4, 0.5) is 5.69 Å². The fraction of sp³-hybridized carbons (Fsp3) is 0.423. The first-order valence-electron chi connectivity index (χ1n) is 12.9. The topological polar surface area (TPSA) is 158 Å². The molecule has 1 aromatic heterocycles. The third kappa shape index (κ3) is 10.1. The average molecular weight is 682 g/mol. The predicted molar refractivity (Wildman–Crippen MR) is 169 cm³/mol. The summed E-state index contributed by atoms with van der Waals surface area (Å²) in [6.07, 6.45) is 1.82. The van der Waals surface area contributed by atoms with Gasteiger partial charge in [0.2, 0.25) is 5.52 Å². The minimum absolute atomic E-state index is 0. The first-order valence-corrected chi connectivity index (χ1v) is 18.1. The normalized spacial score (nSPS) is 14.1. The van der Waals surface area contributed by atoms with Gasteiger partial charge in [-0.3, -0.25) is 9.11 Å². The van der Waals surface area contributed by atoms with Crippen LogP contribution in [-0.2, 0) is 26.8 Å². The van der Waals surface area contributed by atoms with Crippen LogP contribution >= 0.6 is 34.7 Å². The van der Waals surface area contributed by atoms with Crippen molar-refractivity contribution in [1.29, 1.82) is 0 Å². The van der Waals surface area contributed by atoms with Gasteiger partial charge in [0.1, 0.15) is 16.2 Å². The molecule has 0 radical (unpaired) electrons. The van der Waals surface area contributed by atoms with Gasteiger partial charge in [0.25, 0.3) is 25.2 Å². The Bertz CT molecular complexity index is 1600. The largest absolute Gasteiger partial charge is 0.870 e. The van der Waals surface area contributed by atoms with Gasteiger partial charge < -0.3 is 20.0 Å². The quantitative estimate of drug-likeness (QED) is 0.213. The van der Waals surface area contributed by atoms with E-state index in [1.54, 1.807) is 33.7 Å². The standard InChI is InChI=1S/C20H19ClN2O7S4.C6H15N.H2O/c1-30-14-3-5-18-16(11-14)23(7-9-34(27,28)29)20(32-18)12-19-22(6-8-33(24,25)26)15-10-13(21)2-4-17(15)31-19;1-4-7(5-2)6-3;/h2-5,10-12H,6-9H2,1H3,(H-,24,25,26,27,28,29);4-6H2,1-3H3;1H2. The zero-order valence-corrected chi connectivity index (χ0v) is 27.7. The lowest BCUT2D eigenvalue weighted by Gasteiger charge is -2.19. The predicted octanol–water partition coefficient (Wildman–Crippen LogP) is 4.71. The van der Waals surface area contributed by atoms with Crippen LogP contribution in [0, 0.1) is 0 Å². The maximum absolute atomic E-state index is 11.5. The molecule has 3 aromatic rings. The highest BCUT2D eigenvalue weighted by Crippen LogP contribution is 2.48. The SMILES string of the molecule is CCN(CC)CC.COc1ccc2c(c1)N(CCS(=O)(=O)O)C(=Cc1sc3ccc(Cl)cc3[n+]1CCS(=O)(=O)O)S2.[OH-]. The molecule has 0 bridgehead atoms.